The number of hydrogen-bond donors (Lipinski definition) is 2. The van der Waals surface area contributed by atoms with Crippen molar-refractivity contribution >= 4 is 40.8 Å². The summed E-state index contributed by atoms with van der Waals surface area (Å²) >= 11 is 12.0. The average molecular weight is 340 g/mol. The summed E-state index contributed by atoms with van der Waals surface area (Å²) in [6.07, 6.45) is 0. The standard InChI is InChI=1S/C15H11Cl2NO4/c1-22-13-11(17)6-5-10(16)12(13)14(19)18-9-4-2-3-8(7-9)15(20)21/h2-7H,1H3,(H,18,19)(H,20,21). The predicted molar refractivity (Wildman–Crippen MR) is 84.4 cm³/mol. The molecule has 114 valence electrons. The van der Waals surface area contributed by atoms with E-state index in [4.69, 9.17) is 33.0 Å². The molecule has 2 aromatic carbocycles. The Labute approximate surface area is 136 Å². The molecule has 2 N–H and O–H groups in total. The minimum Gasteiger partial charge on any atom is -0.494 e. The van der Waals surface area contributed by atoms with E-state index in [2.05, 4.69) is 5.32 Å². The highest BCUT2D eigenvalue weighted by molar-refractivity contribution is 6.37. The molecule has 2 rings (SSSR count). The highest BCUT2D eigenvalue weighted by Crippen LogP contribution is 2.34. The fraction of sp³-hybridized carbons (Fsp3) is 0.0667. The zero-order chi connectivity index (χ0) is 16.3. The van der Waals surface area contributed by atoms with Crippen LogP contribution in [0.4, 0.5) is 5.69 Å². The number of amides is 1. The van der Waals surface area contributed by atoms with Crippen LogP contribution >= 0.6 is 23.2 Å². The van der Waals surface area contributed by atoms with Crippen molar-refractivity contribution in [1.29, 1.82) is 0 Å². The van der Waals surface area contributed by atoms with Crippen molar-refractivity contribution in [3.05, 3.63) is 57.6 Å². The van der Waals surface area contributed by atoms with Gasteiger partial charge in [0.1, 0.15) is 5.56 Å². The van der Waals surface area contributed by atoms with Crippen LogP contribution in [0.2, 0.25) is 10.0 Å². The summed E-state index contributed by atoms with van der Waals surface area (Å²) in [7, 11) is 1.37. The molecule has 7 heteroatoms. The average Bonchev–Trinajstić information content (AvgIpc) is 2.49. The molecule has 0 atom stereocenters. The second-order valence-corrected chi connectivity index (χ2v) is 5.09. The molecular formula is C15H11Cl2NO4. The molecule has 1 amide bonds. The Morgan fingerprint density at radius 2 is 1.82 bits per heavy atom. The fourth-order valence-corrected chi connectivity index (χ4v) is 2.34. The Hall–Kier alpha value is -2.24. The molecule has 0 saturated carbocycles. The number of carbonyl (C=O) groups excluding carboxylic acids is 1. The van der Waals surface area contributed by atoms with E-state index in [9.17, 15) is 9.59 Å². The first kappa shape index (κ1) is 16.1. The third-order valence-electron chi connectivity index (χ3n) is 2.86. The maximum atomic E-state index is 12.4. The quantitative estimate of drug-likeness (QED) is 0.884. The number of carboxylic acids is 1. The van der Waals surface area contributed by atoms with Crippen molar-refractivity contribution < 1.29 is 19.4 Å². The fourth-order valence-electron chi connectivity index (χ4n) is 1.87. The number of ether oxygens (including phenoxy) is 1. The van der Waals surface area contributed by atoms with Crippen LogP contribution in [0.1, 0.15) is 20.7 Å². The van der Waals surface area contributed by atoms with E-state index in [-0.39, 0.29) is 26.9 Å². The first-order chi connectivity index (χ1) is 10.4. The van der Waals surface area contributed by atoms with E-state index < -0.39 is 11.9 Å². The maximum absolute atomic E-state index is 12.4. The first-order valence-corrected chi connectivity index (χ1v) is 6.86. The summed E-state index contributed by atoms with van der Waals surface area (Å²) in [6, 6.07) is 8.85. The summed E-state index contributed by atoms with van der Waals surface area (Å²) in [6.45, 7) is 0. The van der Waals surface area contributed by atoms with Gasteiger partial charge in [-0.25, -0.2) is 4.79 Å². The molecule has 2 aromatic rings. The lowest BCUT2D eigenvalue weighted by molar-refractivity contribution is 0.0696. The number of aromatic carboxylic acids is 1. The van der Waals surface area contributed by atoms with Gasteiger partial charge in [-0.15, -0.1) is 0 Å². The normalized spacial score (nSPS) is 10.1. The van der Waals surface area contributed by atoms with E-state index in [0.717, 1.165) is 0 Å². The molecule has 0 spiro atoms. The molecule has 0 unspecified atom stereocenters. The van der Waals surface area contributed by atoms with Crippen molar-refractivity contribution in [1.82, 2.24) is 0 Å². The zero-order valence-electron chi connectivity index (χ0n) is 11.4. The van der Waals surface area contributed by atoms with Crippen LogP contribution in [0.25, 0.3) is 0 Å². The van der Waals surface area contributed by atoms with Gasteiger partial charge in [-0.05, 0) is 30.3 Å². The monoisotopic (exact) mass is 339 g/mol. The lowest BCUT2D eigenvalue weighted by atomic mass is 10.1. The van der Waals surface area contributed by atoms with Crippen molar-refractivity contribution in [2.24, 2.45) is 0 Å². The lowest BCUT2D eigenvalue weighted by Gasteiger charge is -2.12. The molecule has 0 aliphatic carbocycles. The second kappa shape index (κ2) is 6.68. The third kappa shape index (κ3) is 3.32. The molecule has 22 heavy (non-hydrogen) atoms. The molecule has 0 bridgehead atoms. The number of rotatable bonds is 4. The SMILES string of the molecule is COc1c(Cl)ccc(Cl)c1C(=O)Nc1cccc(C(=O)O)c1. The number of benzene rings is 2. The Morgan fingerprint density at radius 1 is 1.14 bits per heavy atom. The Balaban J connectivity index is 2.36. The predicted octanol–water partition coefficient (Wildman–Crippen LogP) is 3.95. The number of nitrogens with one attached hydrogen (secondary N) is 1. The van der Waals surface area contributed by atoms with Gasteiger partial charge in [-0.3, -0.25) is 4.79 Å². The van der Waals surface area contributed by atoms with Gasteiger partial charge >= 0.3 is 5.97 Å². The van der Waals surface area contributed by atoms with Crippen molar-refractivity contribution in [2.45, 2.75) is 0 Å². The summed E-state index contributed by atoms with van der Waals surface area (Å²) < 4.78 is 5.11. The van der Waals surface area contributed by atoms with Crippen LogP contribution < -0.4 is 10.1 Å². The molecular weight excluding hydrogens is 329 g/mol. The van der Waals surface area contributed by atoms with Gasteiger partial charge in [0.2, 0.25) is 0 Å². The van der Waals surface area contributed by atoms with Crippen LogP contribution in [0.15, 0.2) is 36.4 Å². The van der Waals surface area contributed by atoms with Gasteiger partial charge in [0.05, 0.1) is 22.7 Å². The largest absolute Gasteiger partial charge is 0.494 e. The first-order valence-electron chi connectivity index (χ1n) is 6.10. The van der Waals surface area contributed by atoms with Gasteiger partial charge < -0.3 is 15.2 Å². The van der Waals surface area contributed by atoms with Crippen LogP contribution in [-0.4, -0.2) is 24.1 Å². The zero-order valence-corrected chi connectivity index (χ0v) is 12.9. The number of halogens is 2. The van der Waals surface area contributed by atoms with Gasteiger partial charge in [0.25, 0.3) is 5.91 Å². The summed E-state index contributed by atoms with van der Waals surface area (Å²) in [5, 5.41) is 11.9. The molecule has 0 heterocycles. The molecule has 0 saturated heterocycles. The number of methoxy groups -OCH3 is 1. The smallest absolute Gasteiger partial charge is 0.335 e. The third-order valence-corrected chi connectivity index (χ3v) is 3.47. The minimum atomic E-state index is -1.09. The number of carboxylic acid groups (broad SMARTS) is 1. The van der Waals surface area contributed by atoms with E-state index in [1.165, 1.54) is 37.4 Å². The van der Waals surface area contributed by atoms with Gasteiger partial charge in [-0.2, -0.15) is 0 Å². The molecule has 0 radical (unpaired) electrons. The molecule has 0 aromatic heterocycles. The van der Waals surface area contributed by atoms with Crippen molar-refractivity contribution in [2.75, 3.05) is 12.4 Å². The summed E-state index contributed by atoms with van der Waals surface area (Å²) in [4.78, 5) is 23.3. The molecule has 0 aliphatic heterocycles. The Kier molecular flexibility index (Phi) is 4.90. The topological polar surface area (TPSA) is 75.6 Å². The van der Waals surface area contributed by atoms with Crippen molar-refractivity contribution in [3.8, 4) is 5.75 Å². The van der Waals surface area contributed by atoms with Crippen LogP contribution in [0, 0.1) is 0 Å². The minimum absolute atomic E-state index is 0.0574. The highest BCUT2D eigenvalue weighted by atomic mass is 35.5. The maximum Gasteiger partial charge on any atom is 0.335 e. The number of anilines is 1. The van der Waals surface area contributed by atoms with Gasteiger partial charge in [0.15, 0.2) is 5.75 Å². The van der Waals surface area contributed by atoms with Gasteiger partial charge in [0, 0.05) is 5.69 Å². The van der Waals surface area contributed by atoms with Crippen molar-refractivity contribution in [3.63, 3.8) is 0 Å². The summed E-state index contributed by atoms with van der Waals surface area (Å²) in [5.74, 6) is -1.48. The second-order valence-electron chi connectivity index (χ2n) is 4.28. The van der Waals surface area contributed by atoms with Crippen LogP contribution in [0.5, 0.6) is 5.75 Å². The lowest BCUT2D eigenvalue weighted by Crippen LogP contribution is -2.14. The Bertz CT molecular complexity index is 746. The summed E-state index contributed by atoms with van der Waals surface area (Å²) in [5.41, 5.74) is 0.461. The van der Waals surface area contributed by atoms with E-state index in [1.807, 2.05) is 0 Å². The number of hydrogen-bond acceptors (Lipinski definition) is 3. The number of carbonyl (C=O) groups is 2. The Morgan fingerprint density at radius 3 is 2.45 bits per heavy atom. The van der Waals surface area contributed by atoms with Crippen LogP contribution in [-0.2, 0) is 0 Å². The van der Waals surface area contributed by atoms with Crippen LogP contribution in [0.3, 0.4) is 0 Å². The molecule has 5 nitrogen and oxygen atoms in total. The van der Waals surface area contributed by atoms with E-state index in [1.54, 1.807) is 6.07 Å². The molecule has 0 aliphatic rings. The van der Waals surface area contributed by atoms with E-state index >= 15 is 0 Å². The van der Waals surface area contributed by atoms with Gasteiger partial charge in [-0.1, -0.05) is 29.3 Å². The highest BCUT2D eigenvalue weighted by Gasteiger charge is 2.19. The molecule has 0 fully saturated rings. The van der Waals surface area contributed by atoms with E-state index in [0.29, 0.717) is 5.69 Å².